The highest BCUT2D eigenvalue weighted by Crippen LogP contribution is 2.29. The van der Waals surface area contributed by atoms with Gasteiger partial charge in [-0.1, -0.05) is 54.6 Å². The Morgan fingerprint density at radius 2 is 1.43 bits per heavy atom. The van der Waals surface area contributed by atoms with Gasteiger partial charge in [0.15, 0.2) is 0 Å². The number of esters is 1. The molecule has 0 aliphatic heterocycles. The molecule has 42 heavy (non-hydrogen) atoms. The van der Waals surface area contributed by atoms with Gasteiger partial charge < -0.3 is 30.0 Å². The zero-order valence-corrected chi connectivity index (χ0v) is 23.5. The van der Waals surface area contributed by atoms with Gasteiger partial charge in [-0.3, -0.25) is 4.79 Å². The maximum atomic E-state index is 12.4. The Hall–Kier alpha value is -4.43. The first-order valence-electron chi connectivity index (χ1n) is 14.1. The Morgan fingerprint density at radius 1 is 0.762 bits per heavy atom. The number of hydrogen-bond donors (Lipinski definition) is 3. The fourth-order valence-corrected chi connectivity index (χ4v) is 4.82. The van der Waals surface area contributed by atoms with Crippen LogP contribution in [0.1, 0.15) is 23.1 Å². The fraction of sp³-hybridized carbons (Fsp3) is 0.229. The van der Waals surface area contributed by atoms with Crippen LogP contribution in [0.4, 0.5) is 0 Å². The van der Waals surface area contributed by atoms with E-state index in [1.807, 2.05) is 54.6 Å². The molecule has 5 rings (SSSR count). The van der Waals surface area contributed by atoms with E-state index in [4.69, 9.17) is 15.2 Å². The van der Waals surface area contributed by atoms with Crippen molar-refractivity contribution >= 4 is 16.9 Å². The third-order valence-corrected chi connectivity index (χ3v) is 7.34. The van der Waals surface area contributed by atoms with Crippen LogP contribution in [0.15, 0.2) is 109 Å². The molecular weight excluding hydrogens is 528 g/mol. The van der Waals surface area contributed by atoms with E-state index in [-0.39, 0.29) is 13.0 Å². The van der Waals surface area contributed by atoms with Crippen molar-refractivity contribution in [3.63, 3.8) is 0 Å². The Kier molecular flexibility index (Phi) is 9.34. The number of aliphatic hydroxyl groups is 2. The molecular formula is C35H36N2O5. The summed E-state index contributed by atoms with van der Waals surface area (Å²) in [6.45, 7) is -1.18. The summed E-state index contributed by atoms with van der Waals surface area (Å²) >= 11 is 0. The van der Waals surface area contributed by atoms with Gasteiger partial charge in [0.25, 0.3) is 0 Å². The van der Waals surface area contributed by atoms with Crippen LogP contribution in [0, 0.1) is 0 Å². The number of aryl methyl sites for hydroxylation is 3. The first-order chi connectivity index (χ1) is 20.5. The number of benzene rings is 4. The summed E-state index contributed by atoms with van der Waals surface area (Å²) in [5, 5.41) is 19.8. The molecule has 4 N–H and O–H groups in total. The molecule has 7 heteroatoms. The largest absolute Gasteiger partial charge is 0.464 e. The van der Waals surface area contributed by atoms with Gasteiger partial charge in [0.1, 0.15) is 18.1 Å². The Balaban J connectivity index is 1.36. The number of para-hydroxylation sites is 1. The molecule has 0 fully saturated rings. The molecule has 0 aliphatic rings. The van der Waals surface area contributed by atoms with E-state index in [0.717, 1.165) is 46.5 Å². The highest BCUT2D eigenvalue weighted by molar-refractivity contribution is 5.86. The summed E-state index contributed by atoms with van der Waals surface area (Å²) in [4.78, 5) is 12.4. The van der Waals surface area contributed by atoms with E-state index in [1.54, 1.807) is 0 Å². The van der Waals surface area contributed by atoms with Gasteiger partial charge in [0.2, 0.25) is 0 Å². The molecule has 216 valence electrons. The molecule has 0 spiro atoms. The van der Waals surface area contributed by atoms with Crippen molar-refractivity contribution in [3.05, 3.63) is 126 Å². The van der Waals surface area contributed by atoms with Crippen LogP contribution in [0.2, 0.25) is 0 Å². The molecule has 0 amide bonds. The minimum atomic E-state index is -1.34. The third kappa shape index (κ3) is 7.25. The minimum absolute atomic E-state index is 0.168. The van der Waals surface area contributed by atoms with E-state index >= 15 is 0 Å². The summed E-state index contributed by atoms with van der Waals surface area (Å²) in [6.07, 6.45) is 4.65. The monoisotopic (exact) mass is 564 g/mol. The number of fused-ring (bicyclic) bond motifs is 1. The number of nitrogens with two attached hydrogens (primary N) is 1. The van der Waals surface area contributed by atoms with Gasteiger partial charge in [-0.15, -0.1) is 0 Å². The molecule has 0 aliphatic carbocycles. The molecule has 0 atom stereocenters. The van der Waals surface area contributed by atoms with Gasteiger partial charge in [-0.2, -0.15) is 0 Å². The van der Waals surface area contributed by atoms with E-state index in [2.05, 4.69) is 59.3 Å². The second-order valence-electron chi connectivity index (χ2n) is 10.6. The summed E-state index contributed by atoms with van der Waals surface area (Å²) in [5.74, 6) is 1.14. The van der Waals surface area contributed by atoms with E-state index in [0.29, 0.717) is 6.42 Å². The predicted molar refractivity (Wildman–Crippen MR) is 164 cm³/mol. The second kappa shape index (κ2) is 13.5. The number of carbonyl (C=O) groups is 1. The zero-order chi connectivity index (χ0) is 29.4. The van der Waals surface area contributed by atoms with Crippen molar-refractivity contribution in [1.82, 2.24) is 4.57 Å². The van der Waals surface area contributed by atoms with E-state index < -0.39 is 24.7 Å². The van der Waals surface area contributed by atoms with E-state index in [9.17, 15) is 15.0 Å². The summed E-state index contributed by atoms with van der Waals surface area (Å²) in [6, 6.07) is 34.5. The van der Waals surface area contributed by atoms with Gasteiger partial charge in [0, 0.05) is 23.7 Å². The number of hydrogen-bond acceptors (Lipinski definition) is 6. The van der Waals surface area contributed by atoms with Crippen molar-refractivity contribution in [2.24, 2.45) is 5.73 Å². The van der Waals surface area contributed by atoms with E-state index in [1.165, 1.54) is 11.1 Å². The fourth-order valence-electron chi connectivity index (χ4n) is 4.82. The topological polar surface area (TPSA) is 107 Å². The number of nitrogens with zero attached hydrogens (tertiary/aromatic N) is 1. The van der Waals surface area contributed by atoms with Gasteiger partial charge in [-0.25, -0.2) is 0 Å². The standard InChI is InChI=1S/C35H36N2O5/c36-35(23-38,24-39)25-41-34(40)20-13-27-12-19-33-32(21-27)28(14-11-26-7-3-1-4-8-26)22-37(33)29-15-17-31(18-16-29)42-30-9-5-2-6-10-30/h1-10,12,15-19,21-22,38-39H,11,13-14,20,23-25,36H2. The number of aliphatic hydroxyl groups excluding tert-OH is 2. The number of aromatic nitrogens is 1. The molecule has 0 radical (unpaired) electrons. The quantitative estimate of drug-likeness (QED) is 0.166. The third-order valence-electron chi connectivity index (χ3n) is 7.34. The number of ether oxygens (including phenoxy) is 2. The zero-order valence-electron chi connectivity index (χ0n) is 23.5. The first kappa shape index (κ1) is 29.1. The molecule has 7 nitrogen and oxygen atoms in total. The molecule has 0 bridgehead atoms. The van der Waals surface area contributed by atoms with Crippen LogP contribution in [0.25, 0.3) is 16.6 Å². The molecule has 1 aromatic heterocycles. The highest BCUT2D eigenvalue weighted by Gasteiger charge is 2.25. The van der Waals surface area contributed by atoms with Crippen LogP contribution in [-0.2, 0) is 28.8 Å². The molecule has 0 saturated heterocycles. The van der Waals surface area contributed by atoms with Crippen LogP contribution in [0.5, 0.6) is 11.5 Å². The SMILES string of the molecule is NC(CO)(CO)COC(=O)CCc1ccc2c(c1)c(CCc1ccccc1)cn2-c1ccc(Oc2ccccc2)cc1. The van der Waals surface area contributed by atoms with Crippen molar-refractivity contribution in [3.8, 4) is 17.2 Å². The summed E-state index contributed by atoms with van der Waals surface area (Å²) in [5.41, 5.74) is 10.1. The maximum Gasteiger partial charge on any atom is 0.306 e. The van der Waals surface area contributed by atoms with Crippen molar-refractivity contribution < 1.29 is 24.5 Å². The van der Waals surface area contributed by atoms with Crippen LogP contribution < -0.4 is 10.5 Å². The average Bonchev–Trinajstić information content (AvgIpc) is 3.40. The van der Waals surface area contributed by atoms with Crippen molar-refractivity contribution in [1.29, 1.82) is 0 Å². The van der Waals surface area contributed by atoms with Crippen LogP contribution >= 0.6 is 0 Å². The lowest BCUT2D eigenvalue weighted by molar-refractivity contribution is -0.146. The molecule has 0 unspecified atom stereocenters. The number of rotatable bonds is 13. The Labute approximate surface area is 245 Å². The average molecular weight is 565 g/mol. The van der Waals surface area contributed by atoms with Crippen LogP contribution in [0.3, 0.4) is 0 Å². The minimum Gasteiger partial charge on any atom is -0.464 e. The lowest BCUT2D eigenvalue weighted by Gasteiger charge is -2.23. The van der Waals surface area contributed by atoms with Crippen molar-refractivity contribution in [2.75, 3.05) is 19.8 Å². The lowest BCUT2D eigenvalue weighted by atomic mass is 10.0. The highest BCUT2D eigenvalue weighted by atomic mass is 16.5. The van der Waals surface area contributed by atoms with Gasteiger partial charge in [0.05, 0.1) is 24.3 Å². The maximum absolute atomic E-state index is 12.4. The smallest absolute Gasteiger partial charge is 0.306 e. The lowest BCUT2D eigenvalue weighted by Crippen LogP contribution is -2.51. The second-order valence-corrected chi connectivity index (χ2v) is 10.6. The van der Waals surface area contributed by atoms with Gasteiger partial charge >= 0.3 is 5.97 Å². The van der Waals surface area contributed by atoms with Crippen molar-refractivity contribution in [2.45, 2.75) is 31.2 Å². The Bertz CT molecular complexity index is 1590. The molecule has 4 aromatic carbocycles. The molecule has 0 saturated carbocycles. The predicted octanol–water partition coefficient (Wildman–Crippen LogP) is 5.37. The van der Waals surface area contributed by atoms with Crippen LogP contribution in [-0.4, -0.2) is 46.1 Å². The Morgan fingerprint density at radius 3 is 2.12 bits per heavy atom. The summed E-state index contributed by atoms with van der Waals surface area (Å²) in [7, 11) is 0. The first-order valence-corrected chi connectivity index (χ1v) is 14.1. The molecule has 1 heterocycles. The number of carbonyl (C=O) groups excluding carboxylic acids is 1. The molecule has 5 aromatic rings. The normalized spacial score (nSPS) is 11.5. The summed E-state index contributed by atoms with van der Waals surface area (Å²) < 4.78 is 13.4. The van der Waals surface area contributed by atoms with Gasteiger partial charge in [-0.05, 0) is 84.5 Å².